The Balaban J connectivity index is 2.02. The van der Waals surface area contributed by atoms with E-state index in [1.165, 1.54) is 32.1 Å². The number of carbonyl (C=O) groups is 1. The molecule has 0 saturated heterocycles. The molecule has 1 aliphatic carbocycles. The van der Waals surface area contributed by atoms with Gasteiger partial charge in [0.25, 0.3) is 5.91 Å². The van der Waals surface area contributed by atoms with Crippen molar-refractivity contribution in [3.8, 4) is 0 Å². The topological polar surface area (TPSA) is 46.9 Å². The molecule has 1 fully saturated rings. The minimum atomic E-state index is 0.00921. The quantitative estimate of drug-likeness (QED) is 0.793. The molecule has 1 aromatic rings. The van der Waals surface area contributed by atoms with Crippen molar-refractivity contribution in [1.29, 1.82) is 0 Å². The third kappa shape index (κ3) is 3.87. The van der Waals surface area contributed by atoms with Gasteiger partial charge in [-0.3, -0.25) is 9.48 Å². The van der Waals surface area contributed by atoms with Crippen LogP contribution in [0.2, 0.25) is 0 Å². The minimum Gasteiger partial charge on any atom is -0.350 e. The first-order valence-electron chi connectivity index (χ1n) is 8.05. The maximum Gasteiger partial charge on any atom is 0.269 e. The maximum absolute atomic E-state index is 12.5. The molecule has 1 aliphatic rings. The molecule has 5 heteroatoms. The smallest absolute Gasteiger partial charge is 0.269 e. The van der Waals surface area contributed by atoms with Gasteiger partial charge in [-0.05, 0) is 37.7 Å². The Morgan fingerprint density at radius 3 is 2.67 bits per heavy atom. The first-order valence-corrected chi connectivity index (χ1v) is 9.17. The summed E-state index contributed by atoms with van der Waals surface area (Å²) in [5.74, 6) is 0.00921. The van der Waals surface area contributed by atoms with E-state index >= 15 is 0 Å². The van der Waals surface area contributed by atoms with Gasteiger partial charge >= 0.3 is 0 Å². The summed E-state index contributed by atoms with van der Waals surface area (Å²) >= 11 is 3.65. The second kappa shape index (κ2) is 7.43. The van der Waals surface area contributed by atoms with Crippen molar-refractivity contribution in [1.82, 2.24) is 15.1 Å². The van der Waals surface area contributed by atoms with Gasteiger partial charge in [0.15, 0.2) is 0 Å². The van der Waals surface area contributed by atoms with Crippen molar-refractivity contribution in [2.24, 2.45) is 5.41 Å². The zero-order valence-corrected chi connectivity index (χ0v) is 14.7. The molecule has 0 spiro atoms. The Bertz CT molecular complexity index is 478. The molecule has 0 aliphatic heterocycles. The average Bonchev–Trinajstić information content (AvgIpc) is 2.97. The van der Waals surface area contributed by atoms with Gasteiger partial charge in [-0.15, -0.1) is 0 Å². The van der Waals surface area contributed by atoms with Gasteiger partial charge < -0.3 is 5.32 Å². The van der Waals surface area contributed by atoms with Crippen molar-refractivity contribution >= 4 is 21.8 Å². The highest BCUT2D eigenvalue weighted by molar-refractivity contribution is 9.09. The number of hydrogen-bond donors (Lipinski definition) is 1. The largest absolute Gasteiger partial charge is 0.350 e. The first kappa shape index (κ1) is 16.5. The van der Waals surface area contributed by atoms with E-state index in [0.717, 1.165) is 30.5 Å². The molecule has 1 N–H and O–H groups in total. The Labute approximate surface area is 135 Å². The molecular formula is C16H26BrN3O. The molecule has 118 valence electrons. The highest BCUT2D eigenvalue weighted by Crippen LogP contribution is 2.37. The van der Waals surface area contributed by atoms with Gasteiger partial charge in [0.2, 0.25) is 0 Å². The van der Waals surface area contributed by atoms with Crippen LogP contribution in [0.3, 0.4) is 0 Å². The van der Waals surface area contributed by atoms with Crippen LogP contribution in [0.15, 0.2) is 6.07 Å². The number of aromatic nitrogens is 2. The summed E-state index contributed by atoms with van der Waals surface area (Å²) in [5.41, 5.74) is 1.91. The number of nitrogens with zero attached hydrogens (tertiary/aromatic N) is 2. The lowest BCUT2D eigenvalue weighted by atomic mass is 9.75. The van der Waals surface area contributed by atoms with Crippen molar-refractivity contribution < 1.29 is 4.79 Å². The van der Waals surface area contributed by atoms with Crippen LogP contribution < -0.4 is 5.32 Å². The fourth-order valence-electron chi connectivity index (χ4n) is 3.08. The van der Waals surface area contributed by atoms with Crippen molar-refractivity contribution in [2.75, 3.05) is 11.9 Å². The van der Waals surface area contributed by atoms with Crippen molar-refractivity contribution in [3.63, 3.8) is 0 Å². The Hall–Kier alpha value is -0.840. The second-order valence-electron chi connectivity index (χ2n) is 6.07. The van der Waals surface area contributed by atoms with Gasteiger partial charge in [-0.1, -0.05) is 42.1 Å². The lowest BCUT2D eigenvalue weighted by Gasteiger charge is -2.35. The molecule has 1 aromatic heterocycles. The zero-order valence-electron chi connectivity index (χ0n) is 13.1. The van der Waals surface area contributed by atoms with Crippen LogP contribution in [0.4, 0.5) is 0 Å². The summed E-state index contributed by atoms with van der Waals surface area (Å²) in [5, 5.41) is 8.56. The SMILES string of the molecule is CCc1cc(C(=O)NCC2(CBr)CCCCC2)n(CC)n1. The molecule has 0 radical (unpaired) electrons. The third-order valence-electron chi connectivity index (χ3n) is 4.55. The molecular weight excluding hydrogens is 330 g/mol. The normalized spacial score (nSPS) is 17.7. The van der Waals surface area contributed by atoms with E-state index in [1.54, 1.807) is 4.68 Å². The van der Waals surface area contributed by atoms with E-state index in [4.69, 9.17) is 0 Å². The number of carbonyl (C=O) groups excluding carboxylic acids is 1. The van der Waals surface area contributed by atoms with E-state index in [2.05, 4.69) is 33.3 Å². The third-order valence-corrected chi connectivity index (χ3v) is 5.74. The average molecular weight is 356 g/mol. The van der Waals surface area contributed by atoms with Gasteiger partial charge in [0, 0.05) is 18.4 Å². The van der Waals surface area contributed by atoms with E-state index in [-0.39, 0.29) is 11.3 Å². The number of halogens is 1. The first-order chi connectivity index (χ1) is 10.1. The van der Waals surface area contributed by atoms with Crippen LogP contribution in [-0.4, -0.2) is 27.6 Å². The number of aryl methyl sites for hydroxylation is 2. The summed E-state index contributed by atoms with van der Waals surface area (Å²) in [6.45, 7) is 5.57. The van der Waals surface area contributed by atoms with Crippen LogP contribution in [0.5, 0.6) is 0 Å². The van der Waals surface area contributed by atoms with Crippen LogP contribution in [-0.2, 0) is 13.0 Å². The van der Waals surface area contributed by atoms with Crippen LogP contribution in [0.1, 0.15) is 62.1 Å². The molecule has 21 heavy (non-hydrogen) atoms. The number of amides is 1. The standard InChI is InChI=1S/C16H26BrN3O/c1-3-13-10-14(20(4-2)19-13)15(21)18-12-16(11-17)8-6-5-7-9-16/h10H,3-9,11-12H2,1-2H3,(H,18,21). The summed E-state index contributed by atoms with van der Waals surface area (Å²) in [7, 11) is 0. The maximum atomic E-state index is 12.5. The van der Waals surface area contributed by atoms with E-state index in [0.29, 0.717) is 5.69 Å². The molecule has 0 unspecified atom stereocenters. The van der Waals surface area contributed by atoms with Crippen molar-refractivity contribution in [3.05, 3.63) is 17.5 Å². The van der Waals surface area contributed by atoms with Gasteiger partial charge in [-0.25, -0.2) is 0 Å². The van der Waals surface area contributed by atoms with Crippen molar-refractivity contribution in [2.45, 2.75) is 58.9 Å². The minimum absolute atomic E-state index is 0.00921. The zero-order chi connectivity index (χ0) is 15.3. The van der Waals surface area contributed by atoms with Crippen LogP contribution >= 0.6 is 15.9 Å². The van der Waals surface area contributed by atoms with Crippen LogP contribution in [0.25, 0.3) is 0 Å². The van der Waals surface area contributed by atoms with Gasteiger partial charge in [-0.2, -0.15) is 5.10 Å². The number of nitrogens with one attached hydrogen (secondary N) is 1. The molecule has 2 rings (SSSR count). The molecule has 0 aromatic carbocycles. The summed E-state index contributed by atoms with van der Waals surface area (Å²) < 4.78 is 1.80. The van der Waals surface area contributed by atoms with E-state index in [1.807, 2.05) is 13.0 Å². The molecule has 4 nitrogen and oxygen atoms in total. The Kier molecular flexibility index (Phi) is 5.85. The number of alkyl halides is 1. The van der Waals surface area contributed by atoms with Crippen LogP contribution in [0, 0.1) is 5.41 Å². The van der Waals surface area contributed by atoms with E-state index < -0.39 is 0 Å². The highest BCUT2D eigenvalue weighted by Gasteiger charge is 2.31. The predicted molar refractivity (Wildman–Crippen MR) is 88.9 cm³/mol. The Morgan fingerprint density at radius 2 is 2.10 bits per heavy atom. The lowest BCUT2D eigenvalue weighted by Crippen LogP contribution is -2.40. The molecule has 1 heterocycles. The predicted octanol–water partition coefficient (Wildman–Crippen LogP) is 3.54. The highest BCUT2D eigenvalue weighted by atomic mass is 79.9. The molecule has 1 amide bonds. The molecule has 1 saturated carbocycles. The van der Waals surface area contributed by atoms with E-state index in [9.17, 15) is 4.79 Å². The fraction of sp³-hybridized carbons (Fsp3) is 0.750. The monoisotopic (exact) mass is 355 g/mol. The van der Waals surface area contributed by atoms with Gasteiger partial charge in [0.1, 0.15) is 5.69 Å². The Morgan fingerprint density at radius 1 is 1.38 bits per heavy atom. The fourth-order valence-corrected chi connectivity index (χ4v) is 3.84. The summed E-state index contributed by atoms with van der Waals surface area (Å²) in [4.78, 5) is 12.5. The second-order valence-corrected chi connectivity index (χ2v) is 6.63. The van der Waals surface area contributed by atoms with Gasteiger partial charge in [0.05, 0.1) is 5.69 Å². The molecule has 0 atom stereocenters. The summed E-state index contributed by atoms with van der Waals surface area (Å²) in [6.07, 6.45) is 7.13. The lowest BCUT2D eigenvalue weighted by molar-refractivity contribution is 0.0911. The number of rotatable bonds is 6. The number of hydrogen-bond acceptors (Lipinski definition) is 2. The summed E-state index contributed by atoms with van der Waals surface area (Å²) in [6, 6.07) is 1.92. The molecule has 0 bridgehead atoms.